The molecule has 7 nitrogen and oxygen atoms in total. The molecule has 0 radical (unpaired) electrons. The van der Waals surface area contributed by atoms with Crippen LogP contribution in [0.25, 0.3) is 0 Å². The molecule has 1 unspecified atom stereocenters. The van der Waals surface area contributed by atoms with Gasteiger partial charge in [-0.3, -0.25) is 4.79 Å². The van der Waals surface area contributed by atoms with E-state index in [0.29, 0.717) is 35.9 Å². The molecule has 146 valence electrons. The Balaban J connectivity index is 1.66. The molecule has 28 heavy (non-hydrogen) atoms. The molecule has 1 aliphatic rings. The first-order valence-corrected chi connectivity index (χ1v) is 9.25. The second-order valence-electron chi connectivity index (χ2n) is 6.35. The van der Waals surface area contributed by atoms with E-state index >= 15 is 0 Å². The molecule has 2 aromatic heterocycles. The largest absolute Gasteiger partial charge is 0.370 e. The second kappa shape index (κ2) is 7.54. The van der Waals surface area contributed by atoms with Gasteiger partial charge in [0.1, 0.15) is 22.8 Å². The van der Waals surface area contributed by atoms with E-state index in [1.54, 1.807) is 19.4 Å². The second-order valence-corrected chi connectivity index (χ2v) is 7.14. The molecule has 3 aromatic rings. The molecular weight excluding hydrogens is 408 g/mol. The zero-order valence-electron chi connectivity index (χ0n) is 14.8. The summed E-state index contributed by atoms with van der Waals surface area (Å²) in [6, 6.07) is 4.23. The lowest BCUT2D eigenvalue weighted by atomic mass is 10.1. The molecule has 4 rings (SSSR count). The Labute approximate surface area is 169 Å². The average molecular weight is 424 g/mol. The quantitative estimate of drug-likeness (QED) is 0.697. The molecule has 10 heteroatoms. The van der Waals surface area contributed by atoms with Gasteiger partial charge >= 0.3 is 0 Å². The fraction of sp³-hybridized carbons (Fsp3) is 0.278. The fourth-order valence-electron chi connectivity index (χ4n) is 3.41. The van der Waals surface area contributed by atoms with Gasteiger partial charge in [-0.25, -0.2) is 14.5 Å². The minimum absolute atomic E-state index is 0.100. The number of aromatic amines is 1. The minimum Gasteiger partial charge on any atom is -0.370 e. The number of benzene rings is 1. The van der Waals surface area contributed by atoms with Crippen molar-refractivity contribution in [3.8, 4) is 0 Å². The molecule has 0 saturated heterocycles. The Morgan fingerprint density at radius 3 is 2.86 bits per heavy atom. The third kappa shape index (κ3) is 3.28. The van der Waals surface area contributed by atoms with Crippen LogP contribution in [-0.4, -0.2) is 33.4 Å². The van der Waals surface area contributed by atoms with Crippen LogP contribution in [0.3, 0.4) is 0 Å². The van der Waals surface area contributed by atoms with Gasteiger partial charge in [0.05, 0.1) is 30.3 Å². The highest BCUT2D eigenvalue weighted by molar-refractivity contribution is 6.33. The number of fused-ring (bicyclic) bond motifs is 1. The fourth-order valence-corrected chi connectivity index (χ4v) is 3.89. The lowest BCUT2D eigenvalue weighted by Crippen LogP contribution is -2.35. The van der Waals surface area contributed by atoms with E-state index in [1.165, 1.54) is 18.3 Å². The maximum absolute atomic E-state index is 13.4. The maximum atomic E-state index is 13.4. The number of nitrogens with one attached hydrogen (secondary N) is 1. The smallest absolute Gasteiger partial charge is 0.285 e. The van der Waals surface area contributed by atoms with Crippen LogP contribution in [0, 0.1) is 5.82 Å². The highest BCUT2D eigenvalue weighted by Crippen LogP contribution is 2.33. The van der Waals surface area contributed by atoms with Crippen molar-refractivity contribution in [3.05, 3.63) is 73.9 Å². The van der Waals surface area contributed by atoms with Gasteiger partial charge in [-0.15, -0.1) is 0 Å². The number of hydrogen-bond donors (Lipinski definition) is 1. The van der Waals surface area contributed by atoms with Crippen LogP contribution >= 0.6 is 23.2 Å². The monoisotopic (exact) mass is 423 g/mol. The summed E-state index contributed by atoms with van der Waals surface area (Å²) in [4.78, 5) is 18.2. The van der Waals surface area contributed by atoms with Crippen molar-refractivity contribution >= 4 is 28.9 Å². The number of rotatable bonds is 4. The summed E-state index contributed by atoms with van der Waals surface area (Å²) < 4.78 is 21.1. The zero-order valence-corrected chi connectivity index (χ0v) is 16.3. The molecule has 0 fully saturated rings. The van der Waals surface area contributed by atoms with Crippen LogP contribution in [0.5, 0.6) is 0 Å². The van der Waals surface area contributed by atoms with Gasteiger partial charge in [-0.1, -0.05) is 29.3 Å². The average Bonchev–Trinajstić information content (AvgIpc) is 3.09. The highest BCUT2D eigenvalue weighted by atomic mass is 35.5. The highest BCUT2D eigenvalue weighted by Gasteiger charge is 2.27. The van der Waals surface area contributed by atoms with Crippen molar-refractivity contribution in [2.24, 2.45) is 0 Å². The number of imidazole rings is 1. The number of nitrogens with zero attached hydrogens (tertiary/aromatic N) is 4. The molecule has 0 amide bonds. The molecule has 0 aliphatic carbocycles. The van der Waals surface area contributed by atoms with Crippen molar-refractivity contribution in [1.29, 1.82) is 0 Å². The van der Waals surface area contributed by atoms with Crippen LogP contribution in [0.15, 0.2) is 35.4 Å². The summed E-state index contributed by atoms with van der Waals surface area (Å²) in [6.07, 6.45) is 2.77. The lowest BCUT2D eigenvalue weighted by Gasteiger charge is -2.31. The van der Waals surface area contributed by atoms with Gasteiger partial charge in [0.15, 0.2) is 0 Å². The van der Waals surface area contributed by atoms with Crippen molar-refractivity contribution in [1.82, 2.24) is 19.7 Å². The van der Waals surface area contributed by atoms with Gasteiger partial charge in [0.2, 0.25) is 0 Å². The maximum Gasteiger partial charge on any atom is 0.285 e. The van der Waals surface area contributed by atoms with Crippen molar-refractivity contribution < 1.29 is 9.13 Å². The van der Waals surface area contributed by atoms with Crippen LogP contribution < -0.4 is 10.5 Å². The van der Waals surface area contributed by atoms with Crippen LogP contribution in [0.2, 0.25) is 10.0 Å². The minimum atomic E-state index is -0.481. The van der Waals surface area contributed by atoms with Crippen molar-refractivity contribution in [2.75, 3.05) is 18.6 Å². The third-order valence-electron chi connectivity index (χ3n) is 4.76. The predicted molar refractivity (Wildman–Crippen MR) is 103 cm³/mol. The van der Waals surface area contributed by atoms with Crippen LogP contribution in [-0.2, 0) is 17.8 Å². The predicted octanol–water partition coefficient (Wildman–Crippen LogP) is 3.17. The first-order chi connectivity index (χ1) is 13.5. The van der Waals surface area contributed by atoms with Gasteiger partial charge in [0.25, 0.3) is 5.56 Å². The van der Waals surface area contributed by atoms with Crippen molar-refractivity contribution in [3.63, 3.8) is 0 Å². The number of halogens is 3. The summed E-state index contributed by atoms with van der Waals surface area (Å²) in [5, 5.41) is 6.53. The molecule has 1 N–H and O–H groups in total. The van der Waals surface area contributed by atoms with E-state index in [1.807, 2.05) is 9.47 Å². The summed E-state index contributed by atoms with van der Waals surface area (Å²) in [6.45, 7) is 1.67. The Morgan fingerprint density at radius 2 is 2.11 bits per heavy atom. The first kappa shape index (κ1) is 18.9. The Kier molecular flexibility index (Phi) is 5.09. The van der Waals surface area contributed by atoms with Gasteiger partial charge < -0.3 is 14.2 Å². The molecule has 0 saturated carbocycles. The van der Waals surface area contributed by atoms with Crippen LogP contribution in [0.4, 0.5) is 10.1 Å². The number of H-pyrrole nitrogens is 1. The van der Waals surface area contributed by atoms with Gasteiger partial charge in [0, 0.05) is 30.8 Å². The normalized spacial score (nSPS) is 14.8. The summed E-state index contributed by atoms with van der Waals surface area (Å²) in [7, 11) is 1.57. The molecule has 1 atom stereocenters. The number of hydrogen-bond acceptors (Lipinski definition) is 5. The molecule has 0 spiro atoms. The number of aromatic nitrogens is 4. The topological polar surface area (TPSA) is 76.0 Å². The molecule has 1 aliphatic heterocycles. The van der Waals surface area contributed by atoms with Crippen LogP contribution in [0.1, 0.15) is 23.2 Å². The Hall–Kier alpha value is -2.42. The summed E-state index contributed by atoms with van der Waals surface area (Å²) in [5.41, 5.74) is 1.61. The van der Waals surface area contributed by atoms with E-state index in [0.717, 1.165) is 11.5 Å². The standard InChI is InChI=1S/C18H16Cl2FN5O2/c1-28-17(11-3-2-10(21)6-12(11)19)14-7-22-15-9-25(4-5-26(14)15)13-8-23-24-18(27)16(13)20/h2-3,6-8,17H,4-5,9H2,1H3,(H,24,27). The van der Waals surface area contributed by atoms with E-state index in [4.69, 9.17) is 27.9 Å². The Morgan fingerprint density at radius 1 is 1.29 bits per heavy atom. The van der Waals surface area contributed by atoms with Gasteiger partial charge in [-0.2, -0.15) is 5.10 Å². The molecule has 0 bridgehead atoms. The van der Waals surface area contributed by atoms with E-state index in [2.05, 4.69) is 15.2 Å². The van der Waals surface area contributed by atoms with E-state index in [-0.39, 0.29) is 5.02 Å². The molecule has 3 heterocycles. The Bertz CT molecular complexity index is 1080. The molecular formula is C18H16Cl2FN5O2. The number of anilines is 1. The summed E-state index contributed by atoms with van der Waals surface area (Å²) in [5.74, 6) is 0.385. The number of methoxy groups -OCH3 is 1. The number of ether oxygens (including phenoxy) is 1. The summed E-state index contributed by atoms with van der Waals surface area (Å²) >= 11 is 12.4. The van der Waals surface area contributed by atoms with E-state index in [9.17, 15) is 9.18 Å². The van der Waals surface area contributed by atoms with Crippen molar-refractivity contribution in [2.45, 2.75) is 19.2 Å². The zero-order chi connectivity index (χ0) is 19.8. The SMILES string of the molecule is COC(c1ccc(F)cc1Cl)c1cnc2n1CCN(c1cn[nH]c(=O)c1Cl)C2. The lowest BCUT2D eigenvalue weighted by molar-refractivity contribution is 0.129. The third-order valence-corrected chi connectivity index (χ3v) is 5.45. The first-order valence-electron chi connectivity index (χ1n) is 8.49. The van der Waals surface area contributed by atoms with E-state index < -0.39 is 17.5 Å². The molecule has 1 aromatic carbocycles. The van der Waals surface area contributed by atoms with Gasteiger partial charge in [-0.05, 0) is 12.1 Å².